The standard InChI is InChI=1S/C20H34N6O7/c1-6-7-33-20(32)26(5)14(8-12(2)3)19(31)24-11-17(29)25-13(9-15(21)27)18(30)23-10-16(28)22-4/h6,12-14H,1,7-11H2,2-5H3,(H2,21,27)(H,22,28)(H,23,30)(H,24,31)(H,25,29)/t13-,14+/m0/s1. The van der Waals surface area contributed by atoms with Crippen LogP contribution in [0.1, 0.15) is 26.7 Å². The number of hydrogen-bond donors (Lipinski definition) is 5. The molecule has 0 aliphatic heterocycles. The molecule has 0 heterocycles. The molecule has 6 N–H and O–H groups in total. The normalized spacial score (nSPS) is 12.0. The van der Waals surface area contributed by atoms with Crippen LogP contribution in [-0.4, -0.2) is 86.4 Å². The summed E-state index contributed by atoms with van der Waals surface area (Å²) in [5.41, 5.74) is 5.12. The first-order valence-electron chi connectivity index (χ1n) is 10.3. The molecule has 0 spiro atoms. The molecule has 0 aliphatic carbocycles. The van der Waals surface area contributed by atoms with Gasteiger partial charge in [-0.2, -0.15) is 0 Å². The summed E-state index contributed by atoms with van der Waals surface area (Å²) in [7, 11) is 2.78. The van der Waals surface area contributed by atoms with Gasteiger partial charge in [-0.15, -0.1) is 0 Å². The fraction of sp³-hybridized carbons (Fsp3) is 0.600. The van der Waals surface area contributed by atoms with E-state index in [4.69, 9.17) is 10.5 Å². The van der Waals surface area contributed by atoms with E-state index in [0.717, 1.165) is 4.90 Å². The summed E-state index contributed by atoms with van der Waals surface area (Å²) in [4.78, 5) is 72.9. The quantitative estimate of drug-likeness (QED) is 0.181. The summed E-state index contributed by atoms with van der Waals surface area (Å²) in [6, 6.07) is -2.24. The number of primary amides is 1. The zero-order valence-electron chi connectivity index (χ0n) is 19.4. The maximum absolute atomic E-state index is 12.7. The Bertz CT molecular complexity index is 740. The Hall–Kier alpha value is -3.64. The molecule has 0 aromatic heterocycles. The van der Waals surface area contributed by atoms with Crippen LogP contribution >= 0.6 is 0 Å². The smallest absolute Gasteiger partial charge is 0.410 e. The van der Waals surface area contributed by atoms with Crippen molar-refractivity contribution in [2.24, 2.45) is 11.7 Å². The van der Waals surface area contributed by atoms with Crippen LogP contribution in [0.3, 0.4) is 0 Å². The van der Waals surface area contributed by atoms with Crippen molar-refractivity contribution in [1.29, 1.82) is 0 Å². The van der Waals surface area contributed by atoms with Crippen molar-refractivity contribution in [1.82, 2.24) is 26.2 Å². The average molecular weight is 471 g/mol. The highest BCUT2D eigenvalue weighted by molar-refractivity contribution is 5.95. The fourth-order valence-corrected chi connectivity index (χ4v) is 2.57. The van der Waals surface area contributed by atoms with Gasteiger partial charge in [0.1, 0.15) is 18.7 Å². The van der Waals surface area contributed by atoms with E-state index < -0.39 is 60.7 Å². The molecule has 33 heavy (non-hydrogen) atoms. The van der Waals surface area contributed by atoms with Crippen LogP contribution in [0, 0.1) is 5.92 Å². The average Bonchev–Trinajstić information content (AvgIpc) is 2.75. The summed E-state index contributed by atoms with van der Waals surface area (Å²) in [5.74, 6) is -3.45. The SMILES string of the molecule is C=CCOC(=O)N(C)[C@H](CC(C)C)C(=O)NCC(=O)N[C@@H](CC(N)=O)C(=O)NCC(=O)NC. The minimum absolute atomic E-state index is 0.0230. The van der Waals surface area contributed by atoms with Gasteiger partial charge >= 0.3 is 6.09 Å². The molecule has 6 amide bonds. The monoisotopic (exact) mass is 470 g/mol. The summed E-state index contributed by atoms with van der Waals surface area (Å²) < 4.78 is 4.95. The van der Waals surface area contributed by atoms with Crippen molar-refractivity contribution in [2.45, 2.75) is 38.8 Å². The Kier molecular flexibility index (Phi) is 13.5. The van der Waals surface area contributed by atoms with Crippen LogP contribution < -0.4 is 27.0 Å². The number of hydrogen-bond acceptors (Lipinski definition) is 7. The minimum atomic E-state index is -1.33. The van der Waals surface area contributed by atoms with Crippen molar-refractivity contribution in [3.05, 3.63) is 12.7 Å². The number of carbonyl (C=O) groups excluding carboxylic acids is 6. The molecule has 13 nitrogen and oxygen atoms in total. The van der Waals surface area contributed by atoms with Gasteiger partial charge in [-0.05, 0) is 12.3 Å². The number of nitrogens with one attached hydrogen (secondary N) is 4. The molecule has 0 aromatic rings. The first kappa shape index (κ1) is 29.4. The Morgan fingerprint density at radius 3 is 2.12 bits per heavy atom. The van der Waals surface area contributed by atoms with E-state index in [9.17, 15) is 28.8 Å². The molecular formula is C20H34N6O7. The van der Waals surface area contributed by atoms with Gasteiger partial charge in [0.2, 0.25) is 29.5 Å². The maximum Gasteiger partial charge on any atom is 0.410 e. The molecule has 0 saturated carbocycles. The number of nitrogens with zero attached hydrogens (tertiary/aromatic N) is 1. The second kappa shape index (κ2) is 15.2. The maximum atomic E-state index is 12.7. The molecule has 186 valence electrons. The summed E-state index contributed by atoms with van der Waals surface area (Å²) >= 11 is 0. The highest BCUT2D eigenvalue weighted by Crippen LogP contribution is 2.12. The van der Waals surface area contributed by atoms with Crippen LogP contribution in [0.2, 0.25) is 0 Å². The third-order valence-corrected chi connectivity index (χ3v) is 4.26. The zero-order chi connectivity index (χ0) is 25.6. The van der Waals surface area contributed by atoms with Gasteiger partial charge in [0.05, 0.1) is 19.5 Å². The van der Waals surface area contributed by atoms with Crippen molar-refractivity contribution in [3.8, 4) is 0 Å². The highest BCUT2D eigenvalue weighted by atomic mass is 16.6. The summed E-state index contributed by atoms with van der Waals surface area (Å²) in [6.45, 7) is 6.27. The van der Waals surface area contributed by atoms with E-state index in [2.05, 4.69) is 27.8 Å². The fourth-order valence-electron chi connectivity index (χ4n) is 2.57. The lowest BCUT2D eigenvalue weighted by molar-refractivity contribution is -0.133. The van der Waals surface area contributed by atoms with Crippen LogP contribution in [0.15, 0.2) is 12.7 Å². The van der Waals surface area contributed by atoms with Crippen molar-refractivity contribution in [2.75, 3.05) is 33.8 Å². The molecule has 13 heteroatoms. The molecule has 0 aromatic carbocycles. The molecule has 0 unspecified atom stereocenters. The lowest BCUT2D eigenvalue weighted by atomic mass is 10.0. The third-order valence-electron chi connectivity index (χ3n) is 4.26. The van der Waals surface area contributed by atoms with E-state index in [1.54, 1.807) is 0 Å². The van der Waals surface area contributed by atoms with E-state index in [0.29, 0.717) is 6.42 Å². The van der Waals surface area contributed by atoms with Gasteiger partial charge in [-0.25, -0.2) is 4.79 Å². The van der Waals surface area contributed by atoms with Crippen molar-refractivity contribution in [3.63, 3.8) is 0 Å². The van der Waals surface area contributed by atoms with Gasteiger partial charge in [-0.1, -0.05) is 26.5 Å². The third kappa shape index (κ3) is 12.1. The molecule has 0 aliphatic rings. The van der Waals surface area contributed by atoms with Crippen molar-refractivity contribution < 1.29 is 33.5 Å². The van der Waals surface area contributed by atoms with Crippen LogP contribution in [0.5, 0.6) is 0 Å². The molecule has 0 radical (unpaired) electrons. The Balaban J connectivity index is 5.06. The van der Waals surface area contributed by atoms with E-state index in [1.165, 1.54) is 20.2 Å². The number of nitrogens with two attached hydrogens (primary N) is 1. The topological polar surface area (TPSA) is 189 Å². The number of rotatable bonds is 14. The second-order valence-corrected chi connectivity index (χ2v) is 7.52. The molecule has 0 saturated heterocycles. The Morgan fingerprint density at radius 2 is 1.61 bits per heavy atom. The Morgan fingerprint density at radius 1 is 1.03 bits per heavy atom. The molecular weight excluding hydrogens is 436 g/mol. The predicted molar refractivity (Wildman–Crippen MR) is 118 cm³/mol. The van der Waals surface area contributed by atoms with Crippen LogP contribution in [0.25, 0.3) is 0 Å². The molecule has 0 fully saturated rings. The number of carbonyl (C=O) groups is 6. The summed E-state index contributed by atoms with van der Waals surface area (Å²) in [6.07, 6.45) is 0.461. The van der Waals surface area contributed by atoms with Crippen molar-refractivity contribution >= 4 is 35.6 Å². The summed E-state index contributed by atoms with van der Waals surface area (Å²) in [5, 5.41) is 9.27. The molecule has 0 rings (SSSR count). The van der Waals surface area contributed by atoms with Crippen LogP contribution in [-0.2, 0) is 28.7 Å². The van der Waals surface area contributed by atoms with E-state index >= 15 is 0 Å². The van der Waals surface area contributed by atoms with Gasteiger partial charge in [0.25, 0.3) is 0 Å². The first-order chi connectivity index (χ1) is 15.4. The lowest BCUT2D eigenvalue weighted by Crippen LogP contribution is -2.54. The Labute approximate surface area is 192 Å². The number of likely N-dealkylation sites (N-methyl/N-ethyl adjacent to an activating group) is 2. The minimum Gasteiger partial charge on any atom is -0.445 e. The van der Waals surface area contributed by atoms with Gasteiger partial charge < -0.3 is 31.7 Å². The van der Waals surface area contributed by atoms with Gasteiger partial charge in [0.15, 0.2) is 0 Å². The predicted octanol–water partition coefficient (Wildman–Crippen LogP) is -2.01. The van der Waals surface area contributed by atoms with Gasteiger partial charge in [-0.3, -0.25) is 28.9 Å². The first-order valence-corrected chi connectivity index (χ1v) is 10.3. The lowest BCUT2D eigenvalue weighted by Gasteiger charge is -2.27. The largest absolute Gasteiger partial charge is 0.445 e. The second-order valence-electron chi connectivity index (χ2n) is 7.52. The van der Waals surface area contributed by atoms with E-state index in [-0.39, 0.29) is 19.1 Å². The zero-order valence-corrected chi connectivity index (χ0v) is 19.4. The number of amides is 6. The van der Waals surface area contributed by atoms with Crippen LogP contribution in [0.4, 0.5) is 4.79 Å². The molecule has 2 atom stereocenters. The van der Waals surface area contributed by atoms with Gasteiger partial charge in [0, 0.05) is 14.1 Å². The van der Waals surface area contributed by atoms with E-state index in [1.807, 2.05) is 13.8 Å². The highest BCUT2D eigenvalue weighted by Gasteiger charge is 2.29. The molecule has 0 bridgehead atoms. The number of ether oxygens (including phenoxy) is 1.